The molecule has 10 heteroatoms. The number of aromatic nitrogens is 2. The van der Waals surface area contributed by atoms with Gasteiger partial charge in [-0.15, -0.1) is 11.3 Å². The fraction of sp³-hybridized carbons (Fsp3) is 0.0870. The van der Waals surface area contributed by atoms with Crippen molar-refractivity contribution in [2.75, 3.05) is 10.7 Å². The number of anilines is 2. The second kappa shape index (κ2) is 8.93. The van der Waals surface area contributed by atoms with Gasteiger partial charge in [0.15, 0.2) is 17.5 Å². The minimum atomic E-state index is -1.11. The summed E-state index contributed by atoms with van der Waals surface area (Å²) in [4.78, 5) is 10.3. The van der Waals surface area contributed by atoms with E-state index in [1.807, 2.05) is 25.1 Å². The van der Waals surface area contributed by atoms with Crippen molar-refractivity contribution < 1.29 is 8.78 Å². The van der Waals surface area contributed by atoms with Gasteiger partial charge in [0.1, 0.15) is 5.82 Å². The molecule has 33 heavy (non-hydrogen) atoms. The standard InChI is InChI=1S/C23H21F2N7S/c1-12-3-4-17(20(25)19(12)24)32(28)23(31-27)16-10-15(11-30-22(16)26)18-9-13(2)21(33-18)14-5-7-29-8-6-14/h3-11H,27-28H2,1-2H3,(H2,26,30)/b31-23-. The van der Waals surface area contributed by atoms with E-state index in [0.29, 0.717) is 0 Å². The maximum atomic E-state index is 14.5. The predicted octanol–water partition coefficient (Wildman–Crippen LogP) is 4.35. The van der Waals surface area contributed by atoms with Gasteiger partial charge in [0, 0.05) is 33.9 Å². The number of thiophene rings is 1. The van der Waals surface area contributed by atoms with E-state index in [4.69, 9.17) is 17.4 Å². The molecule has 0 amide bonds. The average molecular weight is 466 g/mol. The largest absolute Gasteiger partial charge is 0.383 e. The first-order valence-corrected chi connectivity index (χ1v) is 10.7. The number of nitrogen functional groups attached to an aromatic ring is 1. The second-order valence-corrected chi connectivity index (χ2v) is 8.42. The molecule has 4 rings (SSSR count). The normalized spacial score (nSPS) is 11.6. The van der Waals surface area contributed by atoms with Gasteiger partial charge in [-0.3, -0.25) is 9.99 Å². The van der Waals surface area contributed by atoms with Gasteiger partial charge in [0.25, 0.3) is 0 Å². The zero-order valence-electron chi connectivity index (χ0n) is 17.9. The van der Waals surface area contributed by atoms with E-state index < -0.39 is 11.6 Å². The molecule has 7 nitrogen and oxygen atoms in total. The van der Waals surface area contributed by atoms with E-state index >= 15 is 0 Å². The third kappa shape index (κ3) is 4.13. The van der Waals surface area contributed by atoms with Crippen molar-refractivity contribution in [3.8, 4) is 20.9 Å². The number of amidine groups is 1. The molecule has 0 bridgehead atoms. The van der Waals surface area contributed by atoms with E-state index in [2.05, 4.69) is 15.1 Å². The lowest BCUT2D eigenvalue weighted by Gasteiger charge is -2.22. The van der Waals surface area contributed by atoms with E-state index in [-0.39, 0.29) is 28.5 Å². The number of hydrogen-bond acceptors (Lipinski definition) is 7. The van der Waals surface area contributed by atoms with Crippen LogP contribution in [0.5, 0.6) is 0 Å². The monoisotopic (exact) mass is 465 g/mol. The van der Waals surface area contributed by atoms with E-state index in [0.717, 1.165) is 31.5 Å². The van der Waals surface area contributed by atoms with Crippen LogP contribution in [0.2, 0.25) is 0 Å². The smallest absolute Gasteiger partial charge is 0.184 e. The Morgan fingerprint density at radius 1 is 1.00 bits per heavy atom. The highest BCUT2D eigenvalue weighted by Gasteiger charge is 2.22. The molecule has 0 saturated heterocycles. The van der Waals surface area contributed by atoms with Crippen LogP contribution in [0.4, 0.5) is 20.3 Å². The Balaban J connectivity index is 1.75. The van der Waals surface area contributed by atoms with Gasteiger partial charge >= 0.3 is 0 Å². The lowest BCUT2D eigenvalue weighted by molar-refractivity contribution is 0.503. The summed E-state index contributed by atoms with van der Waals surface area (Å²) < 4.78 is 28.6. The van der Waals surface area contributed by atoms with Crippen LogP contribution in [0.15, 0.2) is 60.1 Å². The lowest BCUT2D eigenvalue weighted by Crippen LogP contribution is -2.40. The molecule has 0 saturated carbocycles. The number of hydrazone groups is 1. The summed E-state index contributed by atoms with van der Waals surface area (Å²) >= 11 is 1.58. The molecule has 3 aromatic heterocycles. The van der Waals surface area contributed by atoms with E-state index in [1.165, 1.54) is 19.1 Å². The van der Waals surface area contributed by atoms with Gasteiger partial charge in [-0.05, 0) is 60.9 Å². The fourth-order valence-electron chi connectivity index (χ4n) is 3.40. The number of nitrogens with two attached hydrogens (primary N) is 3. The topological polar surface area (TPSA) is 119 Å². The SMILES string of the molecule is Cc1cc(-c2cnc(N)c(/C(=N/N)N(N)c3ccc(C)c(F)c3F)c2)sc1-c1ccncc1. The summed E-state index contributed by atoms with van der Waals surface area (Å²) in [7, 11) is 0. The van der Waals surface area contributed by atoms with Gasteiger partial charge in [0.05, 0.1) is 11.3 Å². The second-order valence-electron chi connectivity index (χ2n) is 7.37. The molecule has 0 unspecified atom stereocenters. The Labute approximate surface area is 193 Å². The van der Waals surface area contributed by atoms with Crippen LogP contribution < -0.4 is 22.4 Å². The van der Waals surface area contributed by atoms with Crippen molar-refractivity contribution in [1.82, 2.24) is 9.97 Å². The first-order valence-electron chi connectivity index (χ1n) is 9.86. The number of nitrogens with zero attached hydrogens (tertiary/aromatic N) is 4. The third-order valence-corrected chi connectivity index (χ3v) is 6.50. The van der Waals surface area contributed by atoms with Crippen LogP contribution in [-0.2, 0) is 0 Å². The molecule has 4 aromatic rings. The molecule has 0 atom stereocenters. The van der Waals surface area contributed by atoms with Crippen molar-refractivity contribution in [3.63, 3.8) is 0 Å². The highest BCUT2D eigenvalue weighted by Crippen LogP contribution is 2.38. The summed E-state index contributed by atoms with van der Waals surface area (Å²) in [6.07, 6.45) is 5.11. The van der Waals surface area contributed by atoms with Gasteiger partial charge in [-0.2, -0.15) is 5.10 Å². The third-order valence-electron chi connectivity index (χ3n) is 5.17. The fourth-order valence-corrected chi connectivity index (χ4v) is 4.56. The minimum Gasteiger partial charge on any atom is -0.383 e. The minimum absolute atomic E-state index is 0.0633. The molecule has 0 radical (unpaired) electrons. The van der Waals surface area contributed by atoms with Crippen molar-refractivity contribution >= 4 is 28.7 Å². The maximum absolute atomic E-state index is 14.5. The summed E-state index contributed by atoms with van der Waals surface area (Å²) in [5, 5.41) is 4.56. The highest BCUT2D eigenvalue weighted by molar-refractivity contribution is 7.19. The molecule has 0 aliphatic rings. The molecular formula is C23H21F2N7S. The van der Waals surface area contributed by atoms with Crippen molar-refractivity contribution in [3.05, 3.63) is 83.3 Å². The van der Waals surface area contributed by atoms with Crippen molar-refractivity contribution in [2.24, 2.45) is 16.8 Å². The number of rotatable bonds is 4. The zero-order valence-corrected chi connectivity index (χ0v) is 18.7. The number of hydrazine groups is 1. The number of hydrogen-bond donors (Lipinski definition) is 3. The molecule has 0 spiro atoms. The van der Waals surface area contributed by atoms with Crippen LogP contribution in [0.3, 0.4) is 0 Å². The average Bonchev–Trinajstić information content (AvgIpc) is 3.21. The molecule has 0 aliphatic heterocycles. The van der Waals surface area contributed by atoms with Crippen LogP contribution in [0.1, 0.15) is 16.7 Å². The first kappa shape index (κ1) is 22.3. The van der Waals surface area contributed by atoms with Crippen LogP contribution in [0, 0.1) is 25.5 Å². The van der Waals surface area contributed by atoms with Gasteiger partial charge in [0.2, 0.25) is 0 Å². The Hall–Kier alpha value is -3.89. The Morgan fingerprint density at radius 2 is 1.73 bits per heavy atom. The number of benzene rings is 1. The molecule has 0 fully saturated rings. The predicted molar refractivity (Wildman–Crippen MR) is 128 cm³/mol. The maximum Gasteiger partial charge on any atom is 0.184 e. The zero-order chi connectivity index (χ0) is 23.7. The number of aryl methyl sites for hydroxylation is 2. The van der Waals surface area contributed by atoms with E-state index in [9.17, 15) is 8.78 Å². The number of halogens is 2. The van der Waals surface area contributed by atoms with Crippen molar-refractivity contribution in [1.29, 1.82) is 0 Å². The molecule has 3 heterocycles. The first-order chi connectivity index (χ1) is 15.8. The molecule has 168 valence electrons. The van der Waals surface area contributed by atoms with Gasteiger partial charge in [-0.1, -0.05) is 6.07 Å². The lowest BCUT2D eigenvalue weighted by atomic mass is 10.1. The van der Waals surface area contributed by atoms with Gasteiger partial charge < -0.3 is 11.6 Å². The summed E-state index contributed by atoms with van der Waals surface area (Å²) in [5.74, 6) is 9.59. The molecular weight excluding hydrogens is 444 g/mol. The quantitative estimate of drug-likeness (QED) is 0.178. The van der Waals surface area contributed by atoms with Crippen LogP contribution >= 0.6 is 11.3 Å². The highest BCUT2D eigenvalue weighted by atomic mass is 32.1. The molecule has 1 aromatic carbocycles. The Morgan fingerprint density at radius 3 is 2.42 bits per heavy atom. The summed E-state index contributed by atoms with van der Waals surface area (Å²) in [6.45, 7) is 3.47. The van der Waals surface area contributed by atoms with Crippen molar-refractivity contribution in [2.45, 2.75) is 13.8 Å². The van der Waals surface area contributed by atoms with E-state index in [1.54, 1.807) is 36.0 Å². The van der Waals surface area contributed by atoms with Gasteiger partial charge in [-0.25, -0.2) is 19.6 Å². The molecule has 0 aliphatic carbocycles. The number of pyridine rings is 2. The van der Waals surface area contributed by atoms with Crippen LogP contribution in [-0.4, -0.2) is 15.8 Å². The summed E-state index contributed by atoms with van der Waals surface area (Å²) in [6, 6.07) is 10.4. The Bertz CT molecular complexity index is 1350. The molecule has 6 N–H and O–H groups in total. The Kier molecular flexibility index (Phi) is 6.03. The summed E-state index contributed by atoms with van der Waals surface area (Å²) in [5.41, 5.74) is 9.16. The van der Waals surface area contributed by atoms with Crippen LogP contribution in [0.25, 0.3) is 20.9 Å².